The summed E-state index contributed by atoms with van der Waals surface area (Å²) < 4.78 is 5.27. The summed E-state index contributed by atoms with van der Waals surface area (Å²) in [5, 5.41) is 16.2. The Morgan fingerprint density at radius 2 is 1.38 bits per heavy atom. The maximum atomic E-state index is 9.21. The van der Waals surface area contributed by atoms with Crippen LogP contribution in [0.4, 0.5) is 0 Å². The van der Waals surface area contributed by atoms with E-state index in [0.717, 1.165) is 26.1 Å². The van der Waals surface area contributed by atoms with Crippen molar-refractivity contribution in [1.82, 2.24) is 4.90 Å². The van der Waals surface area contributed by atoms with Gasteiger partial charge in [0.25, 0.3) is 0 Å². The van der Waals surface area contributed by atoms with E-state index in [2.05, 4.69) is 53.4 Å². The number of methoxy groups -OCH3 is 1. The van der Waals surface area contributed by atoms with Crippen molar-refractivity contribution in [3.05, 3.63) is 0 Å². The van der Waals surface area contributed by atoms with E-state index in [4.69, 9.17) is 9.84 Å². The third-order valence-corrected chi connectivity index (χ3v) is 2.46. The maximum Gasteiger partial charge on any atom is 0.0670 e. The van der Waals surface area contributed by atoms with Gasteiger partial charge in [0.05, 0.1) is 12.7 Å². The molecule has 4 heteroatoms. The fraction of sp³-hybridized carbons (Fsp3) is 1.00. The number of aliphatic hydroxyl groups excluding tert-OH is 2. The predicted octanol–water partition coefficient (Wildman–Crippen LogP) is 3.02. The SMILES string of the molecule is CC(C)C.CO.CO[C@@H](C)CN(CC(C)(C)C)C(C)CO. The first kappa shape index (κ1) is 25.8. The van der Waals surface area contributed by atoms with Crippen LogP contribution < -0.4 is 0 Å². The molecule has 4 nitrogen and oxygen atoms in total. The molecule has 0 radical (unpaired) electrons. The van der Waals surface area contributed by atoms with Crippen LogP contribution in [0.25, 0.3) is 0 Å². The molecule has 0 heterocycles. The van der Waals surface area contributed by atoms with E-state index in [1.54, 1.807) is 7.11 Å². The summed E-state index contributed by atoms with van der Waals surface area (Å²) in [5.41, 5.74) is 0.247. The lowest BCUT2D eigenvalue weighted by Gasteiger charge is -2.35. The second-order valence-electron chi connectivity index (χ2n) is 7.30. The molecule has 0 aromatic heterocycles. The first-order valence-electron chi connectivity index (χ1n) is 7.85. The molecule has 1 unspecified atom stereocenters. The summed E-state index contributed by atoms with van der Waals surface area (Å²) in [7, 11) is 2.73. The summed E-state index contributed by atoms with van der Waals surface area (Å²) >= 11 is 0. The van der Waals surface area contributed by atoms with Gasteiger partial charge >= 0.3 is 0 Å². The van der Waals surface area contributed by atoms with E-state index in [9.17, 15) is 5.11 Å². The van der Waals surface area contributed by atoms with Gasteiger partial charge in [0.2, 0.25) is 0 Å². The highest BCUT2D eigenvalue weighted by Gasteiger charge is 2.21. The standard InChI is InChI=1S/C12H27NO2.C4H10.CH4O/c1-10(8-14)13(7-11(2)15-6)9-12(3,4)5;1-4(2)3;1-2/h10-11,14H,7-9H2,1-6H3;4H,1-3H3;2H,1H3/t10?,11-;;/m0../s1. The lowest BCUT2D eigenvalue weighted by atomic mass is 9.95. The van der Waals surface area contributed by atoms with E-state index in [0.29, 0.717) is 0 Å². The van der Waals surface area contributed by atoms with Crippen molar-refractivity contribution in [1.29, 1.82) is 0 Å². The van der Waals surface area contributed by atoms with Crippen LogP contribution in [0.3, 0.4) is 0 Å². The highest BCUT2D eigenvalue weighted by atomic mass is 16.5. The first-order chi connectivity index (χ1) is 9.53. The lowest BCUT2D eigenvalue weighted by molar-refractivity contribution is 0.0326. The average Bonchev–Trinajstić information content (AvgIpc) is 2.37. The summed E-state index contributed by atoms with van der Waals surface area (Å²) in [6, 6.07) is 0.196. The molecule has 0 fully saturated rings. The molecule has 0 aromatic carbocycles. The molecule has 0 saturated heterocycles. The van der Waals surface area contributed by atoms with Gasteiger partial charge in [-0.05, 0) is 25.2 Å². The fourth-order valence-corrected chi connectivity index (χ4v) is 1.53. The topological polar surface area (TPSA) is 52.9 Å². The molecule has 2 N–H and O–H groups in total. The van der Waals surface area contributed by atoms with E-state index in [1.165, 1.54) is 0 Å². The number of nitrogens with zero attached hydrogens (tertiary/aromatic N) is 1. The Hall–Kier alpha value is -0.160. The van der Waals surface area contributed by atoms with E-state index < -0.39 is 0 Å². The monoisotopic (exact) mass is 307 g/mol. The van der Waals surface area contributed by atoms with Gasteiger partial charge in [0, 0.05) is 33.4 Å². The predicted molar refractivity (Wildman–Crippen MR) is 92.7 cm³/mol. The zero-order chi connectivity index (χ0) is 17.6. The number of aliphatic hydroxyl groups is 2. The molecule has 0 aliphatic heterocycles. The fourth-order valence-electron chi connectivity index (χ4n) is 1.53. The molecule has 0 spiro atoms. The van der Waals surface area contributed by atoms with Crippen LogP contribution in [-0.4, -0.2) is 61.2 Å². The molecular weight excluding hydrogens is 266 g/mol. The van der Waals surface area contributed by atoms with Gasteiger partial charge in [-0.2, -0.15) is 0 Å². The van der Waals surface area contributed by atoms with Crippen LogP contribution in [0.2, 0.25) is 0 Å². The Labute approximate surface area is 133 Å². The maximum absolute atomic E-state index is 9.21. The number of hydrogen-bond donors (Lipinski definition) is 2. The van der Waals surface area contributed by atoms with Crippen molar-refractivity contribution in [2.24, 2.45) is 11.3 Å². The molecule has 0 aromatic rings. The van der Waals surface area contributed by atoms with Crippen LogP contribution in [0, 0.1) is 11.3 Å². The molecule has 2 atom stereocenters. The molecule has 0 bridgehead atoms. The number of hydrogen-bond acceptors (Lipinski definition) is 4. The lowest BCUT2D eigenvalue weighted by Crippen LogP contribution is -2.44. The van der Waals surface area contributed by atoms with Crippen LogP contribution in [-0.2, 0) is 4.74 Å². The smallest absolute Gasteiger partial charge is 0.0670 e. The van der Waals surface area contributed by atoms with Gasteiger partial charge in [-0.3, -0.25) is 4.90 Å². The highest BCUT2D eigenvalue weighted by Crippen LogP contribution is 2.17. The Bertz CT molecular complexity index is 200. The van der Waals surface area contributed by atoms with Crippen LogP contribution in [0.15, 0.2) is 0 Å². The van der Waals surface area contributed by atoms with Gasteiger partial charge in [0.15, 0.2) is 0 Å². The van der Waals surface area contributed by atoms with Crippen molar-refractivity contribution in [3.8, 4) is 0 Å². The Balaban J connectivity index is -0.000000461. The number of ether oxygens (including phenoxy) is 1. The minimum atomic E-state index is 0.196. The zero-order valence-electron chi connectivity index (χ0n) is 16.1. The van der Waals surface area contributed by atoms with E-state index >= 15 is 0 Å². The minimum Gasteiger partial charge on any atom is -0.400 e. The van der Waals surface area contributed by atoms with Crippen LogP contribution >= 0.6 is 0 Å². The molecule has 0 aliphatic carbocycles. The third kappa shape index (κ3) is 22.3. The van der Waals surface area contributed by atoms with E-state index in [-0.39, 0.29) is 24.2 Å². The summed E-state index contributed by atoms with van der Waals surface area (Å²) in [6.45, 7) is 19.3. The van der Waals surface area contributed by atoms with Crippen molar-refractivity contribution in [2.75, 3.05) is 33.9 Å². The van der Waals surface area contributed by atoms with Gasteiger partial charge in [0.1, 0.15) is 0 Å². The summed E-state index contributed by atoms with van der Waals surface area (Å²) in [6.07, 6.45) is 0.210. The van der Waals surface area contributed by atoms with Crippen molar-refractivity contribution < 1.29 is 14.9 Å². The Kier molecular flexibility index (Phi) is 18.1. The van der Waals surface area contributed by atoms with Gasteiger partial charge < -0.3 is 14.9 Å². The second-order valence-corrected chi connectivity index (χ2v) is 7.30. The quantitative estimate of drug-likeness (QED) is 0.792. The molecule has 0 amide bonds. The molecule has 132 valence electrons. The van der Waals surface area contributed by atoms with Gasteiger partial charge in [-0.25, -0.2) is 0 Å². The van der Waals surface area contributed by atoms with Crippen molar-refractivity contribution >= 4 is 0 Å². The van der Waals surface area contributed by atoms with Crippen LogP contribution in [0.1, 0.15) is 55.4 Å². The highest BCUT2D eigenvalue weighted by molar-refractivity contribution is 4.75. The molecule has 0 rings (SSSR count). The number of rotatable bonds is 6. The van der Waals surface area contributed by atoms with E-state index in [1.807, 2.05) is 6.92 Å². The largest absolute Gasteiger partial charge is 0.400 e. The zero-order valence-corrected chi connectivity index (χ0v) is 16.1. The molecular formula is C17H41NO3. The molecule has 21 heavy (non-hydrogen) atoms. The summed E-state index contributed by atoms with van der Waals surface area (Å²) in [5.74, 6) is 0.833. The molecule has 0 saturated carbocycles. The normalized spacial score (nSPS) is 14.0. The molecule has 0 aliphatic rings. The Morgan fingerprint density at radius 1 is 1.00 bits per heavy atom. The Morgan fingerprint density at radius 3 is 1.62 bits per heavy atom. The van der Waals surface area contributed by atoms with Gasteiger partial charge in [-0.15, -0.1) is 0 Å². The van der Waals surface area contributed by atoms with Crippen molar-refractivity contribution in [2.45, 2.75) is 67.5 Å². The van der Waals surface area contributed by atoms with Gasteiger partial charge in [-0.1, -0.05) is 41.5 Å². The third-order valence-electron chi connectivity index (χ3n) is 2.46. The average molecular weight is 308 g/mol. The van der Waals surface area contributed by atoms with Crippen LogP contribution in [0.5, 0.6) is 0 Å². The first-order valence-corrected chi connectivity index (χ1v) is 7.85. The van der Waals surface area contributed by atoms with Crippen molar-refractivity contribution in [3.63, 3.8) is 0 Å². The minimum absolute atomic E-state index is 0.196. The summed E-state index contributed by atoms with van der Waals surface area (Å²) in [4.78, 5) is 2.29. The second kappa shape index (κ2) is 14.8.